The van der Waals surface area contributed by atoms with Crippen molar-refractivity contribution in [1.29, 1.82) is 0 Å². The molecular weight excluding hydrogens is 422 g/mol. The molecule has 3 aromatic rings. The van der Waals surface area contributed by atoms with E-state index in [2.05, 4.69) is 20.3 Å². The Labute approximate surface area is 192 Å². The SMILES string of the molecule is CCc1nc(C)c(C(=O)N2CCO[C@H](c3cc(-c4ccc(C(=O)NC)nc4)cc(C)n3)C2)o1. The molecule has 3 aromatic heterocycles. The van der Waals surface area contributed by atoms with Crippen molar-refractivity contribution >= 4 is 11.8 Å². The number of rotatable bonds is 5. The molecule has 0 bridgehead atoms. The van der Waals surface area contributed by atoms with Gasteiger partial charge in [-0.3, -0.25) is 19.6 Å². The van der Waals surface area contributed by atoms with Gasteiger partial charge in [0.25, 0.3) is 11.8 Å². The molecule has 9 nitrogen and oxygen atoms in total. The highest BCUT2D eigenvalue weighted by Crippen LogP contribution is 2.28. The van der Waals surface area contributed by atoms with Gasteiger partial charge in [0.1, 0.15) is 11.8 Å². The lowest BCUT2D eigenvalue weighted by Crippen LogP contribution is -2.42. The van der Waals surface area contributed by atoms with Crippen LogP contribution in [0.4, 0.5) is 0 Å². The quantitative estimate of drug-likeness (QED) is 0.638. The zero-order valence-corrected chi connectivity index (χ0v) is 19.2. The number of nitrogens with one attached hydrogen (secondary N) is 1. The summed E-state index contributed by atoms with van der Waals surface area (Å²) in [4.78, 5) is 39.8. The Kier molecular flexibility index (Phi) is 6.50. The van der Waals surface area contributed by atoms with E-state index in [1.54, 1.807) is 31.1 Å². The number of hydrogen-bond acceptors (Lipinski definition) is 7. The highest BCUT2D eigenvalue weighted by molar-refractivity contribution is 5.93. The summed E-state index contributed by atoms with van der Waals surface area (Å²) in [6.45, 7) is 6.87. The first-order valence-corrected chi connectivity index (χ1v) is 10.9. The van der Waals surface area contributed by atoms with Gasteiger partial charge in [-0.25, -0.2) is 4.98 Å². The van der Waals surface area contributed by atoms with Gasteiger partial charge in [-0.1, -0.05) is 13.0 Å². The molecule has 1 aliphatic heterocycles. The number of amides is 2. The van der Waals surface area contributed by atoms with E-state index >= 15 is 0 Å². The maximum atomic E-state index is 13.1. The van der Waals surface area contributed by atoms with Crippen LogP contribution < -0.4 is 5.32 Å². The third kappa shape index (κ3) is 4.78. The molecule has 1 fully saturated rings. The molecule has 1 saturated heterocycles. The molecule has 1 atom stereocenters. The lowest BCUT2D eigenvalue weighted by Gasteiger charge is -2.32. The van der Waals surface area contributed by atoms with E-state index in [0.29, 0.717) is 43.4 Å². The first kappa shape index (κ1) is 22.6. The van der Waals surface area contributed by atoms with E-state index in [-0.39, 0.29) is 23.7 Å². The number of pyridine rings is 2. The largest absolute Gasteiger partial charge is 0.435 e. The Hall–Kier alpha value is -3.59. The van der Waals surface area contributed by atoms with Crippen LogP contribution in [0.2, 0.25) is 0 Å². The predicted octanol–water partition coefficient (Wildman–Crippen LogP) is 2.88. The first-order valence-electron chi connectivity index (χ1n) is 10.9. The van der Waals surface area contributed by atoms with Crippen molar-refractivity contribution < 1.29 is 18.7 Å². The van der Waals surface area contributed by atoms with Crippen LogP contribution >= 0.6 is 0 Å². The van der Waals surface area contributed by atoms with Gasteiger partial charge in [-0.2, -0.15) is 0 Å². The summed E-state index contributed by atoms with van der Waals surface area (Å²) >= 11 is 0. The molecule has 9 heteroatoms. The fourth-order valence-corrected chi connectivity index (χ4v) is 3.81. The summed E-state index contributed by atoms with van der Waals surface area (Å²) in [7, 11) is 1.57. The van der Waals surface area contributed by atoms with Crippen molar-refractivity contribution in [3.05, 3.63) is 64.9 Å². The van der Waals surface area contributed by atoms with Crippen LogP contribution in [0.3, 0.4) is 0 Å². The topological polar surface area (TPSA) is 110 Å². The zero-order valence-electron chi connectivity index (χ0n) is 19.2. The lowest BCUT2D eigenvalue weighted by molar-refractivity contribution is -0.0257. The molecule has 0 radical (unpaired) electrons. The standard InChI is InChI=1S/C24H27N5O4/c1-5-21-28-15(3)22(33-21)24(31)29-8-9-32-20(13-29)19-11-17(10-14(2)27-19)16-6-7-18(26-12-16)23(30)25-4/h6-7,10-12,20H,5,8-9,13H2,1-4H3,(H,25,30)/t20-/m0/s1. The Morgan fingerprint density at radius 1 is 1.18 bits per heavy atom. The third-order valence-electron chi connectivity index (χ3n) is 5.55. The molecule has 0 spiro atoms. The number of hydrogen-bond donors (Lipinski definition) is 1. The van der Waals surface area contributed by atoms with E-state index in [4.69, 9.17) is 9.15 Å². The van der Waals surface area contributed by atoms with E-state index < -0.39 is 0 Å². The molecule has 172 valence electrons. The second-order valence-electron chi connectivity index (χ2n) is 7.92. The van der Waals surface area contributed by atoms with Crippen molar-refractivity contribution in [1.82, 2.24) is 25.2 Å². The Balaban J connectivity index is 1.56. The van der Waals surface area contributed by atoms with Gasteiger partial charge < -0.3 is 19.4 Å². The summed E-state index contributed by atoms with van der Waals surface area (Å²) < 4.78 is 11.6. The van der Waals surface area contributed by atoms with Crippen LogP contribution in [0.15, 0.2) is 34.9 Å². The Morgan fingerprint density at radius 3 is 2.67 bits per heavy atom. The molecule has 0 saturated carbocycles. The van der Waals surface area contributed by atoms with Crippen LogP contribution in [0, 0.1) is 13.8 Å². The number of aromatic nitrogens is 3. The van der Waals surface area contributed by atoms with Gasteiger partial charge in [0.15, 0.2) is 5.89 Å². The van der Waals surface area contributed by atoms with E-state index in [1.165, 1.54) is 0 Å². The number of morpholine rings is 1. The summed E-state index contributed by atoms with van der Waals surface area (Å²) in [6, 6.07) is 7.43. The molecule has 1 N–H and O–H groups in total. The Bertz CT molecular complexity index is 1170. The van der Waals surface area contributed by atoms with Gasteiger partial charge in [-0.15, -0.1) is 0 Å². The molecule has 4 rings (SSSR count). The summed E-state index contributed by atoms with van der Waals surface area (Å²) in [5.74, 6) is 0.422. The summed E-state index contributed by atoms with van der Waals surface area (Å²) in [5.41, 5.74) is 4.29. The average Bonchev–Trinajstić information content (AvgIpc) is 3.23. The van der Waals surface area contributed by atoms with Crippen LogP contribution in [-0.2, 0) is 11.2 Å². The number of oxazole rings is 1. The molecule has 0 aliphatic carbocycles. The predicted molar refractivity (Wildman–Crippen MR) is 121 cm³/mol. The van der Waals surface area contributed by atoms with Crippen molar-refractivity contribution in [3.8, 4) is 11.1 Å². The van der Waals surface area contributed by atoms with Crippen molar-refractivity contribution in [3.63, 3.8) is 0 Å². The van der Waals surface area contributed by atoms with Gasteiger partial charge in [0.05, 0.1) is 24.5 Å². The number of carbonyl (C=O) groups is 2. The maximum Gasteiger partial charge on any atom is 0.291 e. The van der Waals surface area contributed by atoms with Crippen LogP contribution in [-0.4, -0.2) is 58.4 Å². The number of carbonyl (C=O) groups excluding carboxylic acids is 2. The van der Waals surface area contributed by atoms with E-state index in [9.17, 15) is 9.59 Å². The number of nitrogens with zero attached hydrogens (tertiary/aromatic N) is 4. The minimum atomic E-state index is -0.367. The summed E-state index contributed by atoms with van der Waals surface area (Å²) in [6.07, 6.45) is 1.93. The normalized spacial score (nSPS) is 16.0. The van der Waals surface area contributed by atoms with Gasteiger partial charge in [-0.05, 0) is 37.6 Å². The molecule has 4 heterocycles. The highest BCUT2D eigenvalue weighted by Gasteiger charge is 2.30. The average molecular weight is 450 g/mol. The third-order valence-corrected chi connectivity index (χ3v) is 5.55. The first-order chi connectivity index (χ1) is 15.9. The smallest absolute Gasteiger partial charge is 0.291 e. The molecule has 1 aliphatic rings. The second kappa shape index (κ2) is 9.50. The van der Waals surface area contributed by atoms with E-state index in [1.807, 2.05) is 32.0 Å². The Morgan fingerprint density at radius 2 is 2.00 bits per heavy atom. The monoisotopic (exact) mass is 449 g/mol. The van der Waals surface area contributed by atoms with Crippen molar-refractivity contribution in [2.24, 2.45) is 0 Å². The van der Waals surface area contributed by atoms with Gasteiger partial charge in [0, 0.05) is 37.5 Å². The minimum absolute atomic E-state index is 0.185. The minimum Gasteiger partial charge on any atom is -0.435 e. The molecular formula is C24H27N5O4. The van der Waals surface area contributed by atoms with Gasteiger partial charge >= 0.3 is 0 Å². The lowest BCUT2D eigenvalue weighted by atomic mass is 10.0. The molecule has 0 unspecified atom stereocenters. The fraction of sp³-hybridized carbons (Fsp3) is 0.375. The zero-order chi connectivity index (χ0) is 23.5. The van der Waals surface area contributed by atoms with Crippen molar-refractivity contribution in [2.75, 3.05) is 26.7 Å². The number of ether oxygens (including phenoxy) is 1. The van der Waals surface area contributed by atoms with Crippen LogP contribution in [0.1, 0.15) is 57.0 Å². The second-order valence-corrected chi connectivity index (χ2v) is 7.92. The highest BCUT2D eigenvalue weighted by atomic mass is 16.5. The molecule has 2 amide bonds. The van der Waals surface area contributed by atoms with E-state index in [0.717, 1.165) is 22.5 Å². The maximum absolute atomic E-state index is 13.1. The van der Waals surface area contributed by atoms with Crippen LogP contribution in [0.5, 0.6) is 0 Å². The van der Waals surface area contributed by atoms with Crippen LogP contribution in [0.25, 0.3) is 11.1 Å². The molecule has 33 heavy (non-hydrogen) atoms. The number of aryl methyl sites for hydroxylation is 3. The van der Waals surface area contributed by atoms with Crippen molar-refractivity contribution in [2.45, 2.75) is 33.3 Å². The summed E-state index contributed by atoms with van der Waals surface area (Å²) in [5, 5.41) is 2.56. The molecule has 0 aromatic carbocycles. The fourth-order valence-electron chi connectivity index (χ4n) is 3.81. The van der Waals surface area contributed by atoms with Gasteiger partial charge in [0.2, 0.25) is 5.76 Å².